The van der Waals surface area contributed by atoms with E-state index in [1.807, 2.05) is 12.1 Å². The van der Waals surface area contributed by atoms with Crippen LogP contribution < -0.4 is 10.1 Å². The standard InChI is InChI=1S/C23H36N2O3/c1-3-5-6-18-28-21-9-7-19(8-10-21)22(26)11-12-23(27)24-20-13-16-25(15-4-2)17-14-20/h7-10,20H,3-6,11-18H2,1-2H3,(H,24,27). The van der Waals surface area contributed by atoms with Gasteiger partial charge >= 0.3 is 0 Å². The molecule has 1 aliphatic rings. The van der Waals surface area contributed by atoms with E-state index >= 15 is 0 Å². The van der Waals surface area contributed by atoms with E-state index < -0.39 is 0 Å². The topological polar surface area (TPSA) is 58.6 Å². The summed E-state index contributed by atoms with van der Waals surface area (Å²) in [6, 6.07) is 7.50. The molecule has 0 aromatic heterocycles. The second kappa shape index (κ2) is 12.6. The second-order valence-electron chi connectivity index (χ2n) is 7.69. The highest BCUT2D eigenvalue weighted by molar-refractivity contribution is 5.98. The summed E-state index contributed by atoms with van der Waals surface area (Å²) in [5.41, 5.74) is 0.640. The highest BCUT2D eigenvalue weighted by atomic mass is 16.5. The highest BCUT2D eigenvalue weighted by Crippen LogP contribution is 2.15. The quantitative estimate of drug-likeness (QED) is 0.430. The monoisotopic (exact) mass is 388 g/mol. The molecule has 1 heterocycles. The summed E-state index contributed by atoms with van der Waals surface area (Å²) in [6.45, 7) is 8.29. The first kappa shape index (κ1) is 22.4. The number of amides is 1. The number of carbonyl (C=O) groups excluding carboxylic acids is 2. The number of unbranched alkanes of at least 4 members (excludes halogenated alkanes) is 2. The Morgan fingerprint density at radius 1 is 1.04 bits per heavy atom. The molecule has 1 aromatic rings. The number of likely N-dealkylation sites (tertiary alicyclic amines) is 1. The molecule has 156 valence electrons. The number of nitrogens with one attached hydrogen (secondary N) is 1. The van der Waals surface area contributed by atoms with Crippen LogP contribution in [0, 0.1) is 0 Å². The number of hydrogen-bond acceptors (Lipinski definition) is 4. The molecule has 0 aliphatic carbocycles. The second-order valence-corrected chi connectivity index (χ2v) is 7.69. The number of benzene rings is 1. The third kappa shape index (κ3) is 8.01. The van der Waals surface area contributed by atoms with E-state index in [1.165, 1.54) is 12.8 Å². The predicted octanol–water partition coefficient (Wildman–Crippen LogP) is 4.21. The zero-order valence-electron chi connectivity index (χ0n) is 17.5. The summed E-state index contributed by atoms with van der Waals surface area (Å²) in [5, 5.41) is 3.09. The molecule has 1 aromatic carbocycles. The first-order chi connectivity index (χ1) is 13.6. The predicted molar refractivity (Wildman–Crippen MR) is 113 cm³/mol. The molecule has 2 rings (SSSR count). The van der Waals surface area contributed by atoms with Crippen LogP contribution in [-0.2, 0) is 4.79 Å². The molecule has 0 spiro atoms. The maximum Gasteiger partial charge on any atom is 0.220 e. The average molecular weight is 389 g/mol. The Kier molecular flexibility index (Phi) is 10.0. The normalized spacial score (nSPS) is 15.4. The number of Topliss-reactive ketones (excluding diaryl/α,β-unsaturated/α-hetero) is 1. The van der Waals surface area contributed by atoms with Crippen molar-refractivity contribution in [2.45, 2.75) is 71.3 Å². The third-order valence-electron chi connectivity index (χ3n) is 5.26. The van der Waals surface area contributed by atoms with Gasteiger partial charge in [0.05, 0.1) is 6.61 Å². The van der Waals surface area contributed by atoms with Gasteiger partial charge in [0.25, 0.3) is 0 Å². The Hall–Kier alpha value is -1.88. The van der Waals surface area contributed by atoms with Crippen LogP contribution in [-0.4, -0.2) is 48.9 Å². The van der Waals surface area contributed by atoms with E-state index in [2.05, 4.69) is 24.1 Å². The average Bonchev–Trinajstić information content (AvgIpc) is 2.71. The van der Waals surface area contributed by atoms with Gasteiger partial charge in [-0.05, 0) is 56.5 Å². The van der Waals surface area contributed by atoms with Gasteiger partial charge in [-0.3, -0.25) is 9.59 Å². The van der Waals surface area contributed by atoms with E-state index in [4.69, 9.17) is 4.74 Å². The summed E-state index contributed by atoms with van der Waals surface area (Å²) in [5.74, 6) is 0.781. The van der Waals surface area contributed by atoms with Gasteiger partial charge in [0.2, 0.25) is 5.91 Å². The Morgan fingerprint density at radius 3 is 2.39 bits per heavy atom. The fraction of sp³-hybridized carbons (Fsp3) is 0.652. The third-order valence-corrected chi connectivity index (χ3v) is 5.26. The van der Waals surface area contributed by atoms with E-state index in [0.29, 0.717) is 12.2 Å². The van der Waals surface area contributed by atoms with Crippen LogP contribution in [0.1, 0.15) is 75.6 Å². The van der Waals surface area contributed by atoms with Gasteiger partial charge in [0.1, 0.15) is 5.75 Å². The molecule has 1 amide bonds. The molecular formula is C23H36N2O3. The fourth-order valence-corrected chi connectivity index (χ4v) is 3.57. The molecule has 0 saturated carbocycles. The van der Waals surface area contributed by atoms with Crippen LogP contribution in [0.15, 0.2) is 24.3 Å². The first-order valence-corrected chi connectivity index (χ1v) is 10.9. The molecular weight excluding hydrogens is 352 g/mol. The van der Waals surface area contributed by atoms with Crippen molar-refractivity contribution in [3.63, 3.8) is 0 Å². The maximum absolute atomic E-state index is 12.3. The van der Waals surface area contributed by atoms with Crippen molar-refractivity contribution >= 4 is 11.7 Å². The number of piperidine rings is 1. The van der Waals surface area contributed by atoms with Crippen molar-refractivity contribution < 1.29 is 14.3 Å². The molecule has 5 nitrogen and oxygen atoms in total. The summed E-state index contributed by atoms with van der Waals surface area (Å²) in [4.78, 5) is 27.0. The maximum atomic E-state index is 12.3. The zero-order valence-corrected chi connectivity index (χ0v) is 17.5. The molecule has 0 bridgehead atoms. The van der Waals surface area contributed by atoms with Crippen molar-refractivity contribution in [3.05, 3.63) is 29.8 Å². The van der Waals surface area contributed by atoms with Crippen molar-refractivity contribution in [1.29, 1.82) is 0 Å². The summed E-state index contributed by atoms with van der Waals surface area (Å²) >= 11 is 0. The van der Waals surface area contributed by atoms with Crippen LogP contribution in [0.2, 0.25) is 0 Å². The number of carbonyl (C=O) groups is 2. The minimum absolute atomic E-state index is 0.00504. The Labute approximate surface area is 169 Å². The number of rotatable bonds is 12. The van der Waals surface area contributed by atoms with Crippen LogP contribution >= 0.6 is 0 Å². The van der Waals surface area contributed by atoms with Crippen molar-refractivity contribution in [2.24, 2.45) is 0 Å². The Morgan fingerprint density at radius 2 is 1.75 bits per heavy atom. The van der Waals surface area contributed by atoms with Gasteiger partial charge in [0.15, 0.2) is 5.78 Å². The van der Waals surface area contributed by atoms with E-state index in [9.17, 15) is 9.59 Å². The lowest BCUT2D eigenvalue weighted by atomic mass is 10.0. The van der Waals surface area contributed by atoms with E-state index in [1.54, 1.807) is 12.1 Å². The molecule has 1 saturated heterocycles. The van der Waals surface area contributed by atoms with Gasteiger partial charge in [-0.1, -0.05) is 26.7 Å². The summed E-state index contributed by atoms with van der Waals surface area (Å²) in [6.07, 6.45) is 7.05. The van der Waals surface area contributed by atoms with Crippen molar-refractivity contribution in [2.75, 3.05) is 26.2 Å². The SMILES string of the molecule is CCCCCOc1ccc(C(=O)CCC(=O)NC2CCN(CCC)CC2)cc1. The van der Waals surface area contributed by atoms with Crippen LogP contribution in [0.4, 0.5) is 0 Å². The lowest BCUT2D eigenvalue weighted by Crippen LogP contribution is -2.44. The van der Waals surface area contributed by atoms with E-state index in [0.717, 1.165) is 51.1 Å². The summed E-state index contributed by atoms with van der Waals surface area (Å²) < 4.78 is 5.67. The smallest absolute Gasteiger partial charge is 0.220 e. The minimum Gasteiger partial charge on any atom is -0.494 e. The molecule has 0 radical (unpaired) electrons. The number of ether oxygens (including phenoxy) is 1. The number of ketones is 1. The highest BCUT2D eigenvalue weighted by Gasteiger charge is 2.20. The van der Waals surface area contributed by atoms with Gasteiger partial charge < -0.3 is 15.0 Å². The van der Waals surface area contributed by atoms with E-state index in [-0.39, 0.29) is 30.6 Å². The van der Waals surface area contributed by atoms with Crippen LogP contribution in [0.25, 0.3) is 0 Å². The van der Waals surface area contributed by atoms with Gasteiger partial charge in [-0.25, -0.2) is 0 Å². The number of hydrogen-bond donors (Lipinski definition) is 1. The van der Waals surface area contributed by atoms with Gasteiger partial charge in [-0.2, -0.15) is 0 Å². The lowest BCUT2D eigenvalue weighted by molar-refractivity contribution is -0.122. The van der Waals surface area contributed by atoms with Crippen molar-refractivity contribution in [1.82, 2.24) is 10.2 Å². The lowest BCUT2D eigenvalue weighted by Gasteiger charge is -2.32. The minimum atomic E-state index is -0.0156. The Balaban J connectivity index is 1.66. The molecule has 0 atom stereocenters. The fourth-order valence-electron chi connectivity index (χ4n) is 3.57. The molecule has 0 unspecified atom stereocenters. The first-order valence-electron chi connectivity index (χ1n) is 10.9. The zero-order chi connectivity index (χ0) is 20.2. The molecule has 28 heavy (non-hydrogen) atoms. The van der Waals surface area contributed by atoms with Crippen molar-refractivity contribution in [3.8, 4) is 5.75 Å². The summed E-state index contributed by atoms with van der Waals surface area (Å²) in [7, 11) is 0. The molecule has 5 heteroatoms. The van der Waals surface area contributed by atoms with Crippen LogP contribution in [0.3, 0.4) is 0 Å². The van der Waals surface area contributed by atoms with Gasteiger partial charge in [0, 0.05) is 37.5 Å². The van der Waals surface area contributed by atoms with Crippen LogP contribution in [0.5, 0.6) is 5.75 Å². The largest absolute Gasteiger partial charge is 0.494 e. The number of nitrogens with zero attached hydrogens (tertiary/aromatic N) is 1. The molecule has 1 fully saturated rings. The molecule has 1 aliphatic heterocycles. The molecule has 1 N–H and O–H groups in total. The van der Waals surface area contributed by atoms with Gasteiger partial charge in [-0.15, -0.1) is 0 Å². The Bertz CT molecular complexity index is 592.